The van der Waals surface area contributed by atoms with Crippen molar-refractivity contribution in [2.75, 3.05) is 0 Å². The maximum atomic E-state index is 11.8. The number of hydrogen-bond acceptors (Lipinski definition) is 2. The summed E-state index contributed by atoms with van der Waals surface area (Å²) >= 11 is 0. The molecule has 3 N–H and O–H groups in total. The van der Waals surface area contributed by atoms with Gasteiger partial charge in [-0.05, 0) is 68.4 Å². The highest BCUT2D eigenvalue weighted by molar-refractivity contribution is 5.95. The second-order valence-corrected chi connectivity index (χ2v) is 7.26. The fourth-order valence-corrected chi connectivity index (χ4v) is 5.72. The van der Waals surface area contributed by atoms with E-state index in [1.807, 2.05) is 0 Å². The van der Waals surface area contributed by atoms with Crippen LogP contribution in [0.1, 0.15) is 54.4 Å². The van der Waals surface area contributed by atoms with Crippen LogP contribution in [0.4, 0.5) is 0 Å². The van der Waals surface area contributed by atoms with Crippen LogP contribution < -0.4 is 5.73 Å². The van der Waals surface area contributed by atoms with E-state index in [-0.39, 0.29) is 11.2 Å². The summed E-state index contributed by atoms with van der Waals surface area (Å²) in [5.41, 5.74) is 6.94. The molecule has 0 atom stereocenters. The summed E-state index contributed by atoms with van der Waals surface area (Å²) in [5.74, 6) is 2.19. The van der Waals surface area contributed by atoms with E-state index in [1.165, 1.54) is 19.3 Å². The van der Waals surface area contributed by atoms with Crippen LogP contribution >= 0.6 is 0 Å². The fourth-order valence-electron chi connectivity index (χ4n) is 5.72. The Balaban J connectivity index is 1.87. The smallest absolute Gasteiger partial charge is 0.249 e. The van der Waals surface area contributed by atoms with E-state index in [1.54, 1.807) is 18.2 Å². The van der Waals surface area contributed by atoms with Crippen LogP contribution in [-0.4, -0.2) is 11.0 Å². The average Bonchev–Trinajstić information content (AvgIpc) is 2.36. The molecule has 4 bridgehead atoms. The van der Waals surface area contributed by atoms with Crippen molar-refractivity contribution in [3.63, 3.8) is 0 Å². The van der Waals surface area contributed by atoms with Gasteiger partial charge in [0.25, 0.3) is 0 Å². The van der Waals surface area contributed by atoms with Crippen LogP contribution in [-0.2, 0) is 5.41 Å². The average molecular weight is 271 g/mol. The molecule has 3 nitrogen and oxygen atoms in total. The monoisotopic (exact) mass is 271 g/mol. The van der Waals surface area contributed by atoms with Crippen LogP contribution in [0.15, 0.2) is 18.2 Å². The molecule has 0 spiro atoms. The Kier molecular flexibility index (Phi) is 2.45. The molecule has 0 saturated heterocycles. The minimum atomic E-state index is -0.411. The molecule has 4 aliphatic rings. The largest absolute Gasteiger partial charge is 0.508 e. The topological polar surface area (TPSA) is 63.3 Å². The van der Waals surface area contributed by atoms with Gasteiger partial charge in [0, 0.05) is 16.5 Å². The molecule has 3 heteroatoms. The van der Waals surface area contributed by atoms with Gasteiger partial charge in [-0.15, -0.1) is 0 Å². The van der Waals surface area contributed by atoms with Gasteiger partial charge in [-0.1, -0.05) is 6.07 Å². The third kappa shape index (κ3) is 1.62. The third-order valence-corrected chi connectivity index (χ3v) is 5.88. The lowest BCUT2D eigenvalue weighted by Gasteiger charge is -2.57. The molecule has 5 rings (SSSR count). The van der Waals surface area contributed by atoms with Gasteiger partial charge in [-0.25, -0.2) is 0 Å². The number of nitrogens with two attached hydrogens (primary N) is 1. The number of phenolic OH excluding ortho intramolecular Hbond substituents is 1. The van der Waals surface area contributed by atoms with Crippen molar-refractivity contribution in [1.82, 2.24) is 0 Å². The maximum Gasteiger partial charge on any atom is 0.249 e. The summed E-state index contributed by atoms with van der Waals surface area (Å²) in [6.07, 6.45) is 7.40. The summed E-state index contributed by atoms with van der Waals surface area (Å²) in [6.45, 7) is 0. The predicted octanol–water partition coefficient (Wildman–Crippen LogP) is 2.96. The molecule has 1 amide bonds. The van der Waals surface area contributed by atoms with Gasteiger partial charge in [-0.3, -0.25) is 4.79 Å². The molecule has 4 fully saturated rings. The summed E-state index contributed by atoms with van der Waals surface area (Å²) < 4.78 is 0. The molecular formula is C17H21NO2. The number of amides is 1. The van der Waals surface area contributed by atoms with Gasteiger partial charge in [0.15, 0.2) is 0 Å². The molecule has 0 aromatic heterocycles. The highest BCUT2D eigenvalue weighted by Crippen LogP contribution is 2.62. The van der Waals surface area contributed by atoms with Crippen LogP contribution in [0.25, 0.3) is 0 Å². The van der Waals surface area contributed by atoms with Crippen LogP contribution in [0.3, 0.4) is 0 Å². The van der Waals surface area contributed by atoms with Gasteiger partial charge in [0.05, 0.1) is 0 Å². The predicted molar refractivity (Wildman–Crippen MR) is 76.5 cm³/mol. The standard InChI is InChI=1S/C17H21NO2/c18-16(20)13-2-1-3-14(19)15(13)17-7-10-4-11(8-17)6-12(5-10)9-17/h1-3,10-12,19H,4-9H2,(H2,18,20). The first kappa shape index (κ1) is 12.2. The molecule has 1 aromatic rings. The van der Waals surface area contributed by atoms with Crippen molar-refractivity contribution < 1.29 is 9.90 Å². The number of aromatic hydroxyl groups is 1. The zero-order chi connectivity index (χ0) is 13.9. The molecule has 0 heterocycles. The Bertz CT molecular complexity index is 543. The Labute approximate surface area is 119 Å². The van der Waals surface area contributed by atoms with E-state index in [0.29, 0.717) is 5.56 Å². The van der Waals surface area contributed by atoms with Gasteiger partial charge in [0.1, 0.15) is 5.75 Å². The first-order chi connectivity index (χ1) is 9.57. The van der Waals surface area contributed by atoms with E-state index < -0.39 is 5.91 Å². The first-order valence-corrected chi connectivity index (χ1v) is 7.70. The molecular weight excluding hydrogens is 250 g/mol. The second kappa shape index (κ2) is 4.00. The van der Waals surface area contributed by atoms with Crippen LogP contribution in [0.5, 0.6) is 5.75 Å². The Morgan fingerprint density at radius 3 is 2.15 bits per heavy atom. The molecule has 0 aliphatic heterocycles. The van der Waals surface area contributed by atoms with E-state index >= 15 is 0 Å². The lowest BCUT2D eigenvalue weighted by atomic mass is 9.47. The third-order valence-electron chi connectivity index (χ3n) is 5.88. The maximum absolute atomic E-state index is 11.8. The Morgan fingerprint density at radius 1 is 1.10 bits per heavy atom. The number of rotatable bonds is 2. The quantitative estimate of drug-likeness (QED) is 0.868. The van der Waals surface area contributed by atoms with Crippen molar-refractivity contribution >= 4 is 5.91 Å². The van der Waals surface area contributed by atoms with Crippen molar-refractivity contribution in [2.24, 2.45) is 23.5 Å². The van der Waals surface area contributed by atoms with E-state index in [4.69, 9.17) is 5.73 Å². The number of carbonyl (C=O) groups excluding carboxylic acids is 1. The van der Waals surface area contributed by atoms with Gasteiger partial charge < -0.3 is 10.8 Å². The molecule has 20 heavy (non-hydrogen) atoms. The zero-order valence-corrected chi connectivity index (χ0v) is 11.6. The molecule has 4 saturated carbocycles. The second-order valence-electron chi connectivity index (χ2n) is 7.26. The van der Waals surface area contributed by atoms with Crippen molar-refractivity contribution in [3.05, 3.63) is 29.3 Å². The fraction of sp³-hybridized carbons (Fsp3) is 0.588. The Morgan fingerprint density at radius 2 is 1.65 bits per heavy atom. The molecule has 0 unspecified atom stereocenters. The molecule has 106 valence electrons. The number of carbonyl (C=O) groups is 1. The minimum Gasteiger partial charge on any atom is -0.508 e. The van der Waals surface area contributed by atoms with E-state index in [2.05, 4.69) is 0 Å². The minimum absolute atomic E-state index is 0.00442. The summed E-state index contributed by atoms with van der Waals surface area (Å²) in [7, 11) is 0. The first-order valence-electron chi connectivity index (χ1n) is 7.70. The van der Waals surface area contributed by atoms with Gasteiger partial charge in [-0.2, -0.15) is 0 Å². The van der Waals surface area contributed by atoms with Crippen LogP contribution in [0.2, 0.25) is 0 Å². The van der Waals surface area contributed by atoms with Crippen molar-refractivity contribution in [2.45, 2.75) is 43.9 Å². The highest BCUT2D eigenvalue weighted by atomic mass is 16.3. The number of benzene rings is 1. The summed E-state index contributed by atoms with van der Waals surface area (Å²) in [6, 6.07) is 5.20. The van der Waals surface area contributed by atoms with Gasteiger partial charge in [0.2, 0.25) is 5.91 Å². The lowest BCUT2D eigenvalue weighted by Crippen LogP contribution is -2.49. The van der Waals surface area contributed by atoms with Gasteiger partial charge >= 0.3 is 0 Å². The highest BCUT2D eigenvalue weighted by Gasteiger charge is 2.53. The van der Waals surface area contributed by atoms with Crippen molar-refractivity contribution in [1.29, 1.82) is 0 Å². The summed E-state index contributed by atoms with van der Waals surface area (Å²) in [4.78, 5) is 11.8. The van der Waals surface area contributed by atoms with Crippen molar-refractivity contribution in [3.8, 4) is 5.75 Å². The van der Waals surface area contributed by atoms with Crippen LogP contribution in [0, 0.1) is 17.8 Å². The van der Waals surface area contributed by atoms with E-state index in [9.17, 15) is 9.90 Å². The zero-order valence-electron chi connectivity index (χ0n) is 11.6. The lowest BCUT2D eigenvalue weighted by molar-refractivity contribution is -0.00647. The molecule has 1 aromatic carbocycles. The molecule has 4 aliphatic carbocycles. The SMILES string of the molecule is NC(=O)c1cccc(O)c1C12CC3CC(CC(C3)C1)C2. The summed E-state index contributed by atoms with van der Waals surface area (Å²) in [5, 5.41) is 10.4. The molecule has 0 radical (unpaired) electrons. The number of phenols is 1. The number of primary amides is 1. The normalized spacial score (nSPS) is 38.1. The Hall–Kier alpha value is -1.51. The van der Waals surface area contributed by atoms with E-state index in [0.717, 1.165) is 42.6 Å². The number of hydrogen-bond donors (Lipinski definition) is 2.